The summed E-state index contributed by atoms with van der Waals surface area (Å²) in [5.41, 5.74) is 1.23. The fraction of sp³-hybridized carbons (Fsp3) is 0.375. The predicted molar refractivity (Wildman–Crippen MR) is 92.5 cm³/mol. The molecule has 3 heterocycles. The van der Waals surface area contributed by atoms with Gasteiger partial charge in [0.1, 0.15) is 11.6 Å². The molecule has 1 N–H and O–H groups in total. The summed E-state index contributed by atoms with van der Waals surface area (Å²) in [5, 5.41) is 8.97. The molecule has 0 saturated carbocycles. The van der Waals surface area contributed by atoms with Gasteiger partial charge in [-0.2, -0.15) is 0 Å². The number of esters is 1. The van der Waals surface area contributed by atoms with Gasteiger partial charge in [-0.1, -0.05) is 0 Å². The lowest BCUT2D eigenvalue weighted by Crippen LogP contribution is -2.37. The summed E-state index contributed by atoms with van der Waals surface area (Å²) in [7, 11) is 1.33. The van der Waals surface area contributed by atoms with Crippen LogP contribution in [0.2, 0.25) is 0 Å². The zero-order valence-electron chi connectivity index (χ0n) is 14.1. The monoisotopic (exact) mass is 366 g/mol. The Balaban J connectivity index is 0.00000225. The third-order valence-electron chi connectivity index (χ3n) is 4.15. The van der Waals surface area contributed by atoms with E-state index >= 15 is 0 Å². The highest BCUT2D eigenvalue weighted by Gasteiger charge is 2.30. The van der Waals surface area contributed by atoms with E-state index in [0.717, 1.165) is 11.5 Å². The van der Waals surface area contributed by atoms with Crippen LogP contribution in [-0.2, 0) is 11.3 Å². The van der Waals surface area contributed by atoms with Gasteiger partial charge in [0.05, 0.1) is 24.9 Å². The van der Waals surface area contributed by atoms with Crippen LogP contribution in [0.5, 0.6) is 0 Å². The Bertz CT molecular complexity index is 803. The van der Waals surface area contributed by atoms with Crippen molar-refractivity contribution in [2.24, 2.45) is 0 Å². The molecular weight excluding hydrogens is 348 g/mol. The molecular formula is C16H19ClN4O4. The molecule has 0 saturated heterocycles. The molecule has 0 aliphatic carbocycles. The average molecular weight is 367 g/mol. The summed E-state index contributed by atoms with van der Waals surface area (Å²) >= 11 is 0. The fourth-order valence-corrected chi connectivity index (χ4v) is 3.11. The lowest BCUT2D eigenvalue weighted by Gasteiger charge is -2.34. The van der Waals surface area contributed by atoms with Crippen LogP contribution in [-0.4, -0.2) is 45.2 Å². The summed E-state index contributed by atoms with van der Waals surface area (Å²) in [6.07, 6.45) is 1.33. The number of imidazole rings is 1. The zero-order chi connectivity index (χ0) is 17.4. The summed E-state index contributed by atoms with van der Waals surface area (Å²) < 4.78 is 6.86. The van der Waals surface area contributed by atoms with Crippen LogP contribution >= 0.6 is 12.4 Å². The van der Waals surface area contributed by atoms with Gasteiger partial charge in [-0.05, 0) is 26.0 Å². The van der Waals surface area contributed by atoms with Gasteiger partial charge in [0.15, 0.2) is 5.69 Å². The minimum absolute atomic E-state index is 0. The highest BCUT2D eigenvalue weighted by Crippen LogP contribution is 2.29. The first-order chi connectivity index (χ1) is 11.4. The van der Waals surface area contributed by atoms with E-state index < -0.39 is 11.9 Å². The largest absolute Gasteiger partial charge is 0.478 e. The molecule has 1 aliphatic rings. The Labute approximate surface area is 150 Å². The van der Waals surface area contributed by atoms with Crippen molar-refractivity contribution in [1.29, 1.82) is 0 Å². The number of carbonyl (C=O) groups is 2. The number of aromatic nitrogens is 3. The van der Waals surface area contributed by atoms with E-state index in [4.69, 9.17) is 9.84 Å². The molecule has 3 rings (SSSR count). The first-order valence-corrected chi connectivity index (χ1v) is 7.52. The maximum Gasteiger partial charge on any atom is 0.358 e. The van der Waals surface area contributed by atoms with E-state index in [9.17, 15) is 9.59 Å². The standard InChI is InChI=1S/C16H18N4O4.ClH/c1-9-7-19(13-5-4-11(6-17-13)15(21)22)8-12-14(16(23)24-3)18-10(2)20(9)12;/h4-6,9H,7-8H2,1-3H3,(H,21,22);1H/t9-;/m1./s1. The number of carbonyl (C=O) groups excluding carboxylic acids is 1. The van der Waals surface area contributed by atoms with Crippen LogP contribution in [0, 0.1) is 6.92 Å². The number of nitrogens with zero attached hydrogens (tertiary/aromatic N) is 4. The van der Waals surface area contributed by atoms with Crippen molar-refractivity contribution in [2.75, 3.05) is 18.6 Å². The molecule has 1 aliphatic heterocycles. The van der Waals surface area contributed by atoms with Crippen LogP contribution in [0.25, 0.3) is 0 Å². The van der Waals surface area contributed by atoms with E-state index in [-0.39, 0.29) is 24.0 Å². The number of halogens is 1. The SMILES string of the molecule is COC(=O)c1nc(C)n2c1CN(c1ccc(C(=O)O)cn1)C[C@H]2C.Cl. The van der Waals surface area contributed by atoms with Gasteiger partial charge in [0, 0.05) is 18.8 Å². The molecule has 134 valence electrons. The number of ether oxygens (including phenoxy) is 1. The molecule has 0 unspecified atom stereocenters. The van der Waals surface area contributed by atoms with E-state index in [0.29, 0.717) is 24.6 Å². The number of hydrogen-bond acceptors (Lipinski definition) is 6. The summed E-state index contributed by atoms with van der Waals surface area (Å²) in [6.45, 7) is 5.04. The quantitative estimate of drug-likeness (QED) is 0.830. The number of hydrogen-bond donors (Lipinski definition) is 1. The van der Waals surface area contributed by atoms with E-state index in [2.05, 4.69) is 9.97 Å². The Morgan fingerprint density at radius 1 is 1.36 bits per heavy atom. The summed E-state index contributed by atoms with van der Waals surface area (Å²) in [4.78, 5) is 33.5. The topological polar surface area (TPSA) is 97.6 Å². The van der Waals surface area contributed by atoms with Crippen LogP contribution < -0.4 is 4.90 Å². The fourth-order valence-electron chi connectivity index (χ4n) is 3.11. The summed E-state index contributed by atoms with van der Waals surface area (Å²) in [5.74, 6) is -0.0441. The Kier molecular flexibility index (Phi) is 5.32. The maximum absolute atomic E-state index is 12.0. The first kappa shape index (κ1) is 18.7. The average Bonchev–Trinajstić information content (AvgIpc) is 2.91. The lowest BCUT2D eigenvalue weighted by molar-refractivity contribution is 0.0591. The van der Waals surface area contributed by atoms with Crippen molar-refractivity contribution < 1.29 is 19.4 Å². The second kappa shape index (κ2) is 7.10. The molecule has 0 bridgehead atoms. The Morgan fingerprint density at radius 3 is 2.64 bits per heavy atom. The van der Waals surface area contributed by atoms with Gasteiger partial charge in [0.25, 0.3) is 0 Å². The molecule has 1 atom stereocenters. The van der Waals surface area contributed by atoms with Crippen LogP contribution in [0.15, 0.2) is 18.3 Å². The molecule has 25 heavy (non-hydrogen) atoms. The van der Waals surface area contributed by atoms with Gasteiger partial charge in [-0.3, -0.25) is 0 Å². The number of aromatic carboxylic acids is 1. The van der Waals surface area contributed by atoms with Gasteiger partial charge >= 0.3 is 11.9 Å². The minimum Gasteiger partial charge on any atom is -0.478 e. The number of methoxy groups -OCH3 is 1. The molecule has 8 nitrogen and oxygen atoms in total. The number of aryl methyl sites for hydroxylation is 1. The number of fused-ring (bicyclic) bond motifs is 1. The van der Waals surface area contributed by atoms with Crippen molar-refractivity contribution in [1.82, 2.24) is 14.5 Å². The molecule has 0 amide bonds. The Hall–Kier alpha value is -2.61. The number of anilines is 1. The van der Waals surface area contributed by atoms with Crippen molar-refractivity contribution in [3.63, 3.8) is 0 Å². The molecule has 0 aromatic carbocycles. The molecule has 0 spiro atoms. The molecule has 2 aromatic heterocycles. The predicted octanol–water partition coefficient (Wildman–Crippen LogP) is 2.07. The molecule has 9 heteroatoms. The van der Waals surface area contributed by atoms with E-state index in [1.165, 1.54) is 19.4 Å². The smallest absolute Gasteiger partial charge is 0.358 e. The van der Waals surface area contributed by atoms with Crippen molar-refractivity contribution in [3.8, 4) is 0 Å². The van der Waals surface area contributed by atoms with Crippen molar-refractivity contribution in [2.45, 2.75) is 26.4 Å². The molecule has 0 fully saturated rings. The first-order valence-electron chi connectivity index (χ1n) is 7.52. The maximum atomic E-state index is 12.0. The zero-order valence-corrected chi connectivity index (χ0v) is 14.9. The lowest BCUT2D eigenvalue weighted by atomic mass is 10.1. The third kappa shape index (κ3) is 3.30. The van der Waals surface area contributed by atoms with Gasteiger partial charge in [-0.15, -0.1) is 12.4 Å². The third-order valence-corrected chi connectivity index (χ3v) is 4.15. The van der Waals surface area contributed by atoms with Gasteiger partial charge < -0.3 is 19.3 Å². The Morgan fingerprint density at radius 2 is 2.08 bits per heavy atom. The second-order valence-corrected chi connectivity index (χ2v) is 5.76. The van der Waals surface area contributed by atoms with E-state index in [1.54, 1.807) is 6.07 Å². The van der Waals surface area contributed by atoms with Gasteiger partial charge in [0.2, 0.25) is 0 Å². The van der Waals surface area contributed by atoms with Gasteiger partial charge in [-0.25, -0.2) is 19.6 Å². The van der Waals surface area contributed by atoms with E-state index in [1.807, 2.05) is 23.3 Å². The highest BCUT2D eigenvalue weighted by atomic mass is 35.5. The number of carboxylic acids is 1. The summed E-state index contributed by atoms with van der Waals surface area (Å²) in [6, 6.07) is 3.29. The molecule has 2 aromatic rings. The highest BCUT2D eigenvalue weighted by molar-refractivity contribution is 5.89. The van der Waals surface area contributed by atoms with Crippen LogP contribution in [0.4, 0.5) is 5.82 Å². The number of pyridine rings is 1. The van der Waals surface area contributed by atoms with Crippen LogP contribution in [0.3, 0.4) is 0 Å². The molecule has 0 radical (unpaired) electrons. The van der Waals surface area contributed by atoms with Crippen molar-refractivity contribution in [3.05, 3.63) is 41.1 Å². The van der Waals surface area contributed by atoms with Crippen molar-refractivity contribution >= 4 is 30.2 Å². The van der Waals surface area contributed by atoms with Crippen LogP contribution in [0.1, 0.15) is 45.3 Å². The number of rotatable bonds is 3. The second-order valence-electron chi connectivity index (χ2n) is 5.76. The minimum atomic E-state index is -1.01. The number of carboxylic acid groups (broad SMARTS) is 1. The normalized spacial score (nSPS) is 16.0.